The van der Waals surface area contributed by atoms with Crippen LogP contribution in [0.25, 0.3) is 0 Å². The number of allylic oxidation sites excluding steroid dienone is 2. The van der Waals surface area contributed by atoms with Gasteiger partial charge in [0.25, 0.3) is 7.82 Å². The molecule has 0 radical (unpaired) electrons. The minimum absolute atomic E-state index is 0.0284. The van der Waals surface area contributed by atoms with Crippen LogP contribution in [0.5, 0.6) is 0 Å². The van der Waals surface area contributed by atoms with Crippen molar-refractivity contribution in [2.24, 2.45) is 0 Å². The first-order valence-electron chi connectivity index (χ1n) is 25.4. The van der Waals surface area contributed by atoms with Crippen LogP contribution in [0.3, 0.4) is 0 Å². The highest BCUT2D eigenvalue weighted by Crippen LogP contribution is 2.38. The molecule has 0 N–H and O–H groups in total. The number of unbranched alkanes of at least 4 members (excludes halogenated alkanes) is 32. The summed E-state index contributed by atoms with van der Waals surface area (Å²) >= 11 is 0. The van der Waals surface area contributed by atoms with Crippen molar-refractivity contribution in [3.8, 4) is 0 Å². The first-order valence-corrected chi connectivity index (χ1v) is 26.9. The molecule has 59 heavy (non-hydrogen) atoms. The topological polar surface area (TPSA) is 94.1 Å². The number of carbonyl (C=O) groups excluding carboxylic acids is 1. The summed E-state index contributed by atoms with van der Waals surface area (Å²) in [7, 11) is 1.37. The van der Waals surface area contributed by atoms with E-state index in [-0.39, 0.29) is 25.8 Å². The molecule has 0 aliphatic carbocycles. The number of ether oxygens (including phenoxy) is 2. The van der Waals surface area contributed by atoms with E-state index < -0.39 is 13.9 Å². The normalized spacial score (nSPS) is 13.7. The van der Waals surface area contributed by atoms with E-state index in [2.05, 4.69) is 26.0 Å². The molecule has 0 spiro atoms. The third-order valence-corrected chi connectivity index (χ3v) is 12.3. The van der Waals surface area contributed by atoms with Crippen LogP contribution >= 0.6 is 7.82 Å². The molecule has 0 aliphatic heterocycles. The Kier molecular flexibility index (Phi) is 43.3. The number of rotatable bonds is 48. The number of carbonyl (C=O) groups is 1. The largest absolute Gasteiger partial charge is 0.756 e. The van der Waals surface area contributed by atoms with Crippen molar-refractivity contribution in [1.29, 1.82) is 0 Å². The zero-order chi connectivity index (χ0) is 43.4. The van der Waals surface area contributed by atoms with Crippen molar-refractivity contribution >= 4 is 13.8 Å². The summed E-state index contributed by atoms with van der Waals surface area (Å²) in [4.78, 5) is 25.1. The van der Waals surface area contributed by atoms with Crippen LogP contribution in [0.1, 0.15) is 245 Å². The van der Waals surface area contributed by atoms with Gasteiger partial charge in [-0.15, -0.1) is 0 Å². The van der Waals surface area contributed by atoms with E-state index in [1.165, 1.54) is 193 Å². The van der Waals surface area contributed by atoms with Gasteiger partial charge in [0, 0.05) is 13.0 Å². The fraction of sp³-hybridized carbons (Fsp3) is 0.940. The molecule has 0 rings (SSSR count). The highest BCUT2D eigenvalue weighted by molar-refractivity contribution is 7.45. The molecule has 0 saturated carbocycles. The highest BCUT2D eigenvalue weighted by Gasteiger charge is 2.20. The van der Waals surface area contributed by atoms with Crippen LogP contribution in [0.2, 0.25) is 0 Å². The van der Waals surface area contributed by atoms with E-state index in [4.69, 9.17) is 18.5 Å². The number of nitrogens with zero attached hydrogens (tertiary/aromatic N) is 1. The maximum absolute atomic E-state index is 12.7. The molecule has 0 aromatic heterocycles. The Morgan fingerprint density at radius 2 is 0.881 bits per heavy atom. The monoisotopic (exact) mass is 858 g/mol. The maximum Gasteiger partial charge on any atom is 0.306 e. The molecule has 352 valence electrons. The van der Waals surface area contributed by atoms with Crippen molar-refractivity contribution in [2.45, 2.75) is 251 Å². The predicted molar refractivity (Wildman–Crippen MR) is 250 cm³/mol. The van der Waals surface area contributed by atoms with E-state index in [1.807, 2.05) is 21.1 Å². The lowest BCUT2D eigenvalue weighted by Crippen LogP contribution is -2.37. The average molecular weight is 858 g/mol. The summed E-state index contributed by atoms with van der Waals surface area (Å²) in [6.45, 7) is 5.45. The first kappa shape index (κ1) is 58.2. The van der Waals surface area contributed by atoms with Gasteiger partial charge in [0.1, 0.15) is 19.3 Å². The van der Waals surface area contributed by atoms with Crippen LogP contribution < -0.4 is 4.89 Å². The Morgan fingerprint density at radius 1 is 0.508 bits per heavy atom. The van der Waals surface area contributed by atoms with Gasteiger partial charge in [0.05, 0.1) is 34.4 Å². The summed E-state index contributed by atoms with van der Waals surface area (Å²) in [6, 6.07) is 0. The number of hydrogen-bond donors (Lipinski definition) is 0. The van der Waals surface area contributed by atoms with Gasteiger partial charge < -0.3 is 27.9 Å². The fourth-order valence-electron chi connectivity index (χ4n) is 7.37. The molecule has 0 heterocycles. The Hall–Kier alpha value is -0.760. The number of phosphoric ester groups is 1. The SMILES string of the molecule is CCCCCCCC/C=C\CCCCCCCCOC[C@H](COP(=O)([O-])OCC[N+](C)(C)C)OC(=O)CCCCCCCCCCCCCCCCCCCCCCC. The molecule has 0 saturated heterocycles. The lowest BCUT2D eigenvalue weighted by Gasteiger charge is -2.28. The lowest BCUT2D eigenvalue weighted by molar-refractivity contribution is -0.870. The first-order chi connectivity index (χ1) is 28.6. The van der Waals surface area contributed by atoms with E-state index in [0.29, 0.717) is 24.1 Å². The van der Waals surface area contributed by atoms with Gasteiger partial charge in [-0.2, -0.15) is 0 Å². The van der Waals surface area contributed by atoms with Gasteiger partial charge >= 0.3 is 5.97 Å². The minimum atomic E-state index is -4.52. The molecule has 2 atom stereocenters. The second-order valence-electron chi connectivity index (χ2n) is 18.5. The molecule has 0 fully saturated rings. The van der Waals surface area contributed by atoms with E-state index in [9.17, 15) is 14.3 Å². The predicted octanol–water partition coefficient (Wildman–Crippen LogP) is 14.8. The Bertz CT molecular complexity index is 956. The summed E-state index contributed by atoms with van der Waals surface area (Å²) in [6.07, 6.45) is 49.4. The minimum Gasteiger partial charge on any atom is -0.756 e. The van der Waals surface area contributed by atoms with E-state index in [1.54, 1.807) is 0 Å². The van der Waals surface area contributed by atoms with Crippen molar-refractivity contribution < 1.29 is 37.3 Å². The van der Waals surface area contributed by atoms with Gasteiger partial charge in [-0.3, -0.25) is 9.36 Å². The Balaban J connectivity index is 4.10. The zero-order valence-corrected chi connectivity index (χ0v) is 40.9. The van der Waals surface area contributed by atoms with Crippen molar-refractivity contribution in [3.63, 3.8) is 0 Å². The maximum atomic E-state index is 12.7. The van der Waals surface area contributed by atoms with Crippen LogP contribution in [0, 0.1) is 0 Å². The van der Waals surface area contributed by atoms with Gasteiger partial charge in [-0.25, -0.2) is 0 Å². The van der Waals surface area contributed by atoms with Crippen molar-refractivity contribution in [1.82, 2.24) is 0 Å². The molecular weight excluding hydrogens is 758 g/mol. The average Bonchev–Trinajstić information content (AvgIpc) is 3.19. The van der Waals surface area contributed by atoms with Gasteiger partial charge in [-0.05, 0) is 38.5 Å². The smallest absolute Gasteiger partial charge is 0.306 e. The lowest BCUT2D eigenvalue weighted by atomic mass is 10.0. The molecule has 9 heteroatoms. The van der Waals surface area contributed by atoms with E-state index in [0.717, 1.165) is 32.1 Å². The number of quaternary nitrogens is 1. The number of phosphoric acid groups is 1. The van der Waals surface area contributed by atoms with Gasteiger partial charge in [-0.1, -0.05) is 212 Å². The van der Waals surface area contributed by atoms with Gasteiger partial charge in [0.2, 0.25) is 0 Å². The third-order valence-electron chi connectivity index (χ3n) is 11.3. The molecule has 0 aliphatic rings. The van der Waals surface area contributed by atoms with Crippen molar-refractivity contribution in [2.75, 3.05) is 54.1 Å². The third kappa shape index (κ3) is 48.1. The fourth-order valence-corrected chi connectivity index (χ4v) is 8.10. The van der Waals surface area contributed by atoms with Crippen LogP contribution in [-0.2, 0) is 27.9 Å². The molecule has 1 unspecified atom stereocenters. The second kappa shape index (κ2) is 43.9. The zero-order valence-electron chi connectivity index (χ0n) is 40.0. The van der Waals surface area contributed by atoms with Crippen LogP contribution in [-0.4, -0.2) is 70.7 Å². The molecule has 0 amide bonds. The van der Waals surface area contributed by atoms with Gasteiger partial charge in [0.15, 0.2) is 0 Å². The molecule has 0 aromatic carbocycles. The van der Waals surface area contributed by atoms with Crippen LogP contribution in [0.4, 0.5) is 0 Å². The molecule has 0 aromatic rings. The molecular formula is C50H100NO7P. The Morgan fingerprint density at radius 3 is 1.29 bits per heavy atom. The summed E-state index contributed by atoms with van der Waals surface area (Å²) in [5, 5.41) is 0. The van der Waals surface area contributed by atoms with E-state index >= 15 is 0 Å². The molecule has 8 nitrogen and oxygen atoms in total. The van der Waals surface area contributed by atoms with Crippen molar-refractivity contribution in [3.05, 3.63) is 12.2 Å². The standard InChI is InChI=1S/C50H100NO7P/c1-6-8-10-12-14-16-18-20-22-24-25-26-27-28-29-31-33-35-37-39-41-43-50(52)58-49(48-57-59(53,54)56-46-44-51(3,4)5)47-55-45-42-40-38-36-34-32-30-23-21-19-17-15-13-11-9-7-2/h21,23,49H,6-20,22,24-48H2,1-5H3/b23-21-/t49-/m1/s1. The van der Waals surface area contributed by atoms with Crippen LogP contribution in [0.15, 0.2) is 12.2 Å². The summed E-state index contributed by atoms with van der Waals surface area (Å²) in [5.41, 5.74) is 0. The number of likely N-dealkylation sites (N-methyl/N-ethyl adjacent to an activating group) is 1. The summed E-state index contributed by atoms with van der Waals surface area (Å²) in [5.74, 6) is -0.330. The quantitative estimate of drug-likeness (QED) is 0.0198. The number of esters is 1. The summed E-state index contributed by atoms with van der Waals surface area (Å²) < 4.78 is 34.7. The Labute approximate surface area is 367 Å². The highest BCUT2D eigenvalue weighted by atomic mass is 31.2. The number of hydrogen-bond acceptors (Lipinski definition) is 7. The second-order valence-corrected chi connectivity index (χ2v) is 19.9. The molecule has 0 bridgehead atoms.